The first-order valence-electron chi connectivity index (χ1n) is 3.33. The molecule has 1 aromatic heterocycles. The number of fused-ring (bicyclic) bond motifs is 1. The molecule has 1 aromatic rings. The van der Waals surface area contributed by atoms with Gasteiger partial charge in [-0.05, 0) is 0 Å². The summed E-state index contributed by atoms with van der Waals surface area (Å²) in [5.41, 5.74) is 1.18. The molecule has 0 unspecified atom stereocenters. The molecule has 1 aliphatic rings. The lowest BCUT2D eigenvalue weighted by Gasteiger charge is -2.14. The van der Waals surface area contributed by atoms with Gasteiger partial charge in [-0.25, -0.2) is 0 Å². The predicted octanol–water partition coefficient (Wildman–Crippen LogP) is 2.41. The summed E-state index contributed by atoms with van der Waals surface area (Å²) in [5, 5.41) is 3.82. The lowest BCUT2D eigenvalue weighted by Crippen LogP contribution is -2.14. The van der Waals surface area contributed by atoms with Crippen LogP contribution >= 0.6 is 27.3 Å². The van der Waals surface area contributed by atoms with E-state index < -0.39 is 0 Å². The van der Waals surface area contributed by atoms with E-state index in [0.717, 1.165) is 16.1 Å². The Bertz CT molecular complexity index is 245. The number of rotatable bonds is 1. The van der Waals surface area contributed by atoms with E-state index in [1.165, 1.54) is 5.56 Å². The third kappa shape index (κ3) is 1.25. The van der Waals surface area contributed by atoms with Gasteiger partial charge in [-0.3, -0.25) is 0 Å². The average Bonchev–Trinajstić information content (AvgIpc) is 2.47. The zero-order valence-electron chi connectivity index (χ0n) is 5.80. The van der Waals surface area contributed by atoms with Crippen molar-refractivity contribution in [1.82, 2.24) is 0 Å². The van der Waals surface area contributed by atoms with E-state index in [2.05, 4.69) is 21.3 Å². The van der Waals surface area contributed by atoms with E-state index in [4.69, 9.17) is 9.47 Å². The molecular weight excluding hydrogens is 228 g/mol. The minimum Gasteiger partial charge on any atom is -0.485 e. The van der Waals surface area contributed by atoms with E-state index in [1.807, 2.05) is 0 Å². The Balaban J connectivity index is 2.38. The Hall–Kier alpha value is -0.220. The second-order valence-corrected chi connectivity index (χ2v) is 3.61. The van der Waals surface area contributed by atoms with Gasteiger partial charge in [0.2, 0.25) is 5.06 Å². The van der Waals surface area contributed by atoms with Crippen LogP contribution in [-0.2, 0) is 5.33 Å². The standard InChI is InChI=1S/C7H7BrO2S/c8-3-5-4-11-7-6(5)9-1-2-10-7/h4H,1-3H2. The first-order chi connectivity index (χ1) is 5.42. The molecular formula is C7H7BrO2S. The summed E-state index contributed by atoms with van der Waals surface area (Å²) >= 11 is 4.99. The summed E-state index contributed by atoms with van der Waals surface area (Å²) in [7, 11) is 0. The summed E-state index contributed by atoms with van der Waals surface area (Å²) in [5.74, 6) is 0.929. The van der Waals surface area contributed by atoms with Gasteiger partial charge in [-0.15, -0.1) is 11.3 Å². The number of hydrogen-bond donors (Lipinski definition) is 0. The normalized spacial score (nSPS) is 15.0. The van der Waals surface area contributed by atoms with Crippen LogP contribution in [0, 0.1) is 0 Å². The van der Waals surface area contributed by atoms with Crippen molar-refractivity contribution in [1.29, 1.82) is 0 Å². The Morgan fingerprint density at radius 3 is 3.09 bits per heavy atom. The van der Waals surface area contributed by atoms with Crippen molar-refractivity contribution in [2.75, 3.05) is 13.2 Å². The largest absolute Gasteiger partial charge is 0.485 e. The van der Waals surface area contributed by atoms with Crippen LogP contribution in [0.2, 0.25) is 0 Å². The first-order valence-corrected chi connectivity index (χ1v) is 5.34. The highest BCUT2D eigenvalue weighted by molar-refractivity contribution is 9.08. The summed E-state index contributed by atoms with van der Waals surface area (Å²) < 4.78 is 10.8. The predicted molar refractivity (Wildman–Crippen MR) is 47.9 cm³/mol. The highest BCUT2D eigenvalue weighted by atomic mass is 79.9. The van der Waals surface area contributed by atoms with Crippen molar-refractivity contribution in [3.8, 4) is 10.8 Å². The summed E-state index contributed by atoms with van der Waals surface area (Å²) in [6.07, 6.45) is 0. The van der Waals surface area contributed by atoms with Crippen LogP contribution in [0.4, 0.5) is 0 Å². The molecule has 2 heterocycles. The highest BCUT2D eigenvalue weighted by Crippen LogP contribution is 2.40. The molecule has 2 nitrogen and oxygen atoms in total. The molecule has 11 heavy (non-hydrogen) atoms. The van der Waals surface area contributed by atoms with Crippen LogP contribution in [0.3, 0.4) is 0 Å². The van der Waals surface area contributed by atoms with Gasteiger partial charge in [-0.1, -0.05) is 15.9 Å². The zero-order chi connectivity index (χ0) is 7.68. The van der Waals surface area contributed by atoms with Crippen LogP contribution in [0.5, 0.6) is 10.8 Å². The Kier molecular flexibility index (Phi) is 2.05. The van der Waals surface area contributed by atoms with Gasteiger partial charge < -0.3 is 9.47 Å². The van der Waals surface area contributed by atoms with Crippen LogP contribution in [0.1, 0.15) is 5.56 Å². The van der Waals surface area contributed by atoms with Crippen molar-refractivity contribution in [3.63, 3.8) is 0 Å². The monoisotopic (exact) mass is 234 g/mol. The number of hydrogen-bond acceptors (Lipinski definition) is 3. The lowest BCUT2D eigenvalue weighted by atomic mass is 10.3. The fraction of sp³-hybridized carbons (Fsp3) is 0.429. The molecule has 2 rings (SSSR count). The van der Waals surface area contributed by atoms with Crippen LogP contribution in [0.25, 0.3) is 0 Å². The topological polar surface area (TPSA) is 18.5 Å². The van der Waals surface area contributed by atoms with Crippen molar-refractivity contribution in [2.24, 2.45) is 0 Å². The van der Waals surface area contributed by atoms with Crippen molar-refractivity contribution in [3.05, 3.63) is 10.9 Å². The zero-order valence-corrected chi connectivity index (χ0v) is 8.20. The third-order valence-electron chi connectivity index (χ3n) is 1.49. The molecule has 0 N–H and O–H groups in total. The van der Waals surface area contributed by atoms with Crippen LogP contribution in [0.15, 0.2) is 5.38 Å². The van der Waals surface area contributed by atoms with E-state index in [-0.39, 0.29) is 0 Å². The molecule has 0 aliphatic carbocycles. The molecule has 0 saturated heterocycles. The molecule has 0 aromatic carbocycles. The van der Waals surface area contributed by atoms with Crippen molar-refractivity contribution in [2.45, 2.75) is 5.33 Å². The van der Waals surface area contributed by atoms with Gasteiger partial charge in [0.15, 0.2) is 5.75 Å². The molecule has 1 aliphatic heterocycles. The first kappa shape index (κ1) is 7.43. The quantitative estimate of drug-likeness (QED) is 0.696. The SMILES string of the molecule is BrCc1csc2c1OCCO2. The van der Waals surface area contributed by atoms with Crippen LogP contribution < -0.4 is 9.47 Å². The molecule has 0 atom stereocenters. The number of thiophene rings is 1. The molecule has 60 valence electrons. The maximum Gasteiger partial charge on any atom is 0.217 e. The van der Waals surface area contributed by atoms with Crippen LogP contribution in [-0.4, -0.2) is 13.2 Å². The van der Waals surface area contributed by atoms with Crippen molar-refractivity contribution >= 4 is 27.3 Å². The molecule has 0 amide bonds. The average molecular weight is 235 g/mol. The van der Waals surface area contributed by atoms with Gasteiger partial charge in [0, 0.05) is 16.3 Å². The third-order valence-corrected chi connectivity index (χ3v) is 3.02. The maximum absolute atomic E-state index is 5.44. The minimum atomic E-state index is 0.670. The Morgan fingerprint density at radius 2 is 2.27 bits per heavy atom. The number of alkyl halides is 1. The highest BCUT2D eigenvalue weighted by Gasteiger charge is 2.17. The smallest absolute Gasteiger partial charge is 0.217 e. The molecule has 0 spiro atoms. The van der Waals surface area contributed by atoms with E-state index in [0.29, 0.717) is 13.2 Å². The molecule has 0 saturated carbocycles. The minimum absolute atomic E-state index is 0.670. The lowest BCUT2D eigenvalue weighted by molar-refractivity contribution is 0.177. The van der Waals surface area contributed by atoms with Gasteiger partial charge >= 0.3 is 0 Å². The van der Waals surface area contributed by atoms with E-state index in [9.17, 15) is 0 Å². The fourth-order valence-corrected chi connectivity index (χ4v) is 2.50. The summed E-state index contributed by atoms with van der Waals surface area (Å²) in [6, 6.07) is 0. The summed E-state index contributed by atoms with van der Waals surface area (Å²) in [4.78, 5) is 0. The fourth-order valence-electron chi connectivity index (χ4n) is 0.984. The molecule has 0 bridgehead atoms. The second-order valence-electron chi connectivity index (χ2n) is 2.21. The summed E-state index contributed by atoms with van der Waals surface area (Å²) in [6.45, 7) is 1.35. The van der Waals surface area contributed by atoms with Gasteiger partial charge in [0.25, 0.3) is 0 Å². The van der Waals surface area contributed by atoms with Gasteiger partial charge in [-0.2, -0.15) is 0 Å². The Morgan fingerprint density at radius 1 is 1.45 bits per heavy atom. The maximum atomic E-state index is 5.44. The number of halogens is 1. The molecule has 4 heteroatoms. The van der Waals surface area contributed by atoms with Gasteiger partial charge in [0.1, 0.15) is 13.2 Å². The Labute approximate surface area is 77.3 Å². The van der Waals surface area contributed by atoms with Gasteiger partial charge in [0.05, 0.1) is 0 Å². The second kappa shape index (κ2) is 3.03. The van der Waals surface area contributed by atoms with E-state index >= 15 is 0 Å². The van der Waals surface area contributed by atoms with Crippen molar-refractivity contribution < 1.29 is 9.47 Å². The van der Waals surface area contributed by atoms with E-state index in [1.54, 1.807) is 11.3 Å². The molecule has 0 fully saturated rings. The molecule has 0 radical (unpaired) electrons. The number of ether oxygens (including phenoxy) is 2.